The summed E-state index contributed by atoms with van der Waals surface area (Å²) >= 11 is 0. The van der Waals surface area contributed by atoms with E-state index in [0.717, 1.165) is 17.7 Å². The van der Waals surface area contributed by atoms with Crippen molar-refractivity contribution in [1.29, 1.82) is 0 Å². The Morgan fingerprint density at radius 3 is 2.89 bits per heavy atom. The number of likely N-dealkylation sites (tertiary alicyclic amines) is 1. The van der Waals surface area contributed by atoms with Gasteiger partial charge in [0.15, 0.2) is 0 Å². The molecular weight excluding hydrogens is 315 g/mol. The maximum Gasteiger partial charge on any atom is 0.225 e. The minimum atomic E-state index is 0. The Bertz CT molecular complexity index is 422. The Labute approximate surface area is 140 Å². The van der Waals surface area contributed by atoms with E-state index in [1.54, 1.807) is 0 Å². The minimum absolute atomic E-state index is 0. The molecule has 4 heteroatoms. The normalized spacial score (nSPS) is 17.7. The maximum absolute atomic E-state index is 11.6. The van der Waals surface area contributed by atoms with Crippen molar-refractivity contribution in [2.24, 2.45) is 0 Å². The van der Waals surface area contributed by atoms with Gasteiger partial charge in [-0.25, -0.2) is 0 Å². The van der Waals surface area contributed by atoms with E-state index >= 15 is 0 Å². The summed E-state index contributed by atoms with van der Waals surface area (Å²) in [5.74, 6) is 1.00. The average molecular weight is 335 g/mol. The molecular formula is C15H20NO2Y-. The topological polar surface area (TPSA) is 29.5 Å². The van der Waals surface area contributed by atoms with E-state index in [9.17, 15) is 4.79 Å². The Balaban J connectivity index is 0.00000180. The van der Waals surface area contributed by atoms with E-state index in [4.69, 9.17) is 4.74 Å². The smallest absolute Gasteiger partial charge is 0.225 e. The number of rotatable bonds is 6. The number of nitrogens with zero attached hydrogens (tertiary/aromatic N) is 1. The van der Waals surface area contributed by atoms with Gasteiger partial charge in [0.2, 0.25) is 5.91 Å². The summed E-state index contributed by atoms with van der Waals surface area (Å²) in [6.07, 6.45) is 4.21. The molecule has 19 heavy (non-hydrogen) atoms. The average Bonchev–Trinajstić information content (AvgIpc) is 2.41. The fourth-order valence-corrected chi connectivity index (χ4v) is 2.37. The summed E-state index contributed by atoms with van der Waals surface area (Å²) in [6.45, 7) is 2.87. The van der Waals surface area contributed by atoms with Gasteiger partial charge in [-0.3, -0.25) is 4.79 Å². The second-order valence-electron chi connectivity index (χ2n) is 4.81. The van der Waals surface area contributed by atoms with Crippen LogP contribution in [-0.2, 0) is 44.0 Å². The van der Waals surface area contributed by atoms with Gasteiger partial charge >= 0.3 is 0 Å². The van der Waals surface area contributed by atoms with Gasteiger partial charge in [0.25, 0.3) is 0 Å². The summed E-state index contributed by atoms with van der Waals surface area (Å²) in [6, 6.07) is 8.19. The number of ether oxygens (including phenoxy) is 1. The number of β-lactam (4-membered cyclic amide) rings is 1. The molecule has 3 nitrogen and oxygen atoms in total. The number of carbonyl (C=O) groups excluding carboxylic acids is 1. The molecule has 0 aliphatic carbocycles. The third-order valence-corrected chi connectivity index (χ3v) is 3.48. The van der Waals surface area contributed by atoms with E-state index in [1.807, 2.05) is 29.2 Å². The van der Waals surface area contributed by atoms with Crippen molar-refractivity contribution in [3.8, 4) is 5.75 Å². The first kappa shape index (κ1) is 16.6. The molecule has 0 N–H and O–H groups in total. The quantitative estimate of drug-likeness (QED) is 0.590. The molecule has 1 saturated heterocycles. The largest absolute Gasteiger partial charge is 0.665 e. The van der Waals surface area contributed by atoms with Gasteiger partial charge in [0, 0.05) is 51.7 Å². The molecule has 1 aromatic carbocycles. The molecule has 1 amide bonds. The van der Waals surface area contributed by atoms with E-state index < -0.39 is 0 Å². The van der Waals surface area contributed by atoms with Crippen LogP contribution in [0.15, 0.2) is 24.3 Å². The van der Waals surface area contributed by atoms with Crippen LogP contribution in [-0.4, -0.2) is 16.8 Å². The zero-order chi connectivity index (χ0) is 13.0. The second-order valence-corrected chi connectivity index (χ2v) is 4.81. The third kappa shape index (κ3) is 4.29. The summed E-state index contributed by atoms with van der Waals surface area (Å²) in [5, 5.41) is 0. The van der Waals surface area contributed by atoms with Crippen LogP contribution in [0.3, 0.4) is 0 Å². The predicted molar refractivity (Wildman–Crippen MR) is 70.9 cm³/mol. The van der Waals surface area contributed by atoms with Crippen molar-refractivity contribution < 1.29 is 42.2 Å². The van der Waals surface area contributed by atoms with Gasteiger partial charge in [-0.05, 0) is 24.1 Å². The predicted octanol–water partition coefficient (Wildman–Crippen LogP) is 3.15. The van der Waals surface area contributed by atoms with Crippen LogP contribution in [0.1, 0.15) is 38.2 Å². The zero-order valence-electron chi connectivity index (χ0n) is 11.5. The monoisotopic (exact) mass is 335 g/mol. The van der Waals surface area contributed by atoms with Crippen molar-refractivity contribution in [3.05, 3.63) is 36.9 Å². The molecule has 1 atom stereocenters. The van der Waals surface area contributed by atoms with Crippen LogP contribution in [0.4, 0.5) is 0 Å². The molecule has 1 aromatic rings. The van der Waals surface area contributed by atoms with E-state index in [0.29, 0.717) is 19.0 Å². The molecule has 1 aliphatic heterocycles. The number of unbranched alkanes of at least 4 members (excludes halogenated alkanes) is 1. The van der Waals surface area contributed by atoms with Crippen LogP contribution in [0, 0.1) is 7.11 Å². The van der Waals surface area contributed by atoms with Gasteiger partial charge in [0.05, 0.1) is 5.75 Å². The van der Waals surface area contributed by atoms with Crippen LogP contribution in [0.25, 0.3) is 0 Å². The summed E-state index contributed by atoms with van der Waals surface area (Å²) in [5.41, 5.74) is 1.10. The van der Waals surface area contributed by atoms with E-state index in [1.165, 1.54) is 12.8 Å². The van der Waals surface area contributed by atoms with Crippen LogP contribution in [0.2, 0.25) is 0 Å². The minimum Gasteiger partial charge on any atom is -0.665 e. The SMILES string of the molecule is [CH2-]Oc1cccc(CN2C(=O)CC2CCCC)c1.[Y]. The standard InChI is InChI=1S/C15H20NO2.Y/c1-3-4-7-13-10-15(17)16(13)11-12-6-5-8-14(9-12)18-2;/h5-6,8-9,13H,2-4,7,10-11H2,1H3;/q-1;. The molecule has 0 saturated carbocycles. The molecule has 0 bridgehead atoms. The first-order chi connectivity index (χ1) is 8.74. The van der Waals surface area contributed by atoms with Crippen LogP contribution < -0.4 is 4.74 Å². The molecule has 1 fully saturated rings. The van der Waals surface area contributed by atoms with Crippen LogP contribution >= 0.6 is 0 Å². The Morgan fingerprint density at radius 1 is 1.47 bits per heavy atom. The van der Waals surface area contributed by atoms with Crippen LogP contribution in [0.5, 0.6) is 5.75 Å². The molecule has 1 unspecified atom stereocenters. The fourth-order valence-electron chi connectivity index (χ4n) is 2.37. The Kier molecular flexibility index (Phi) is 7.02. The fraction of sp³-hybridized carbons (Fsp3) is 0.467. The summed E-state index contributed by atoms with van der Waals surface area (Å²) in [7, 11) is 3.40. The number of hydrogen-bond acceptors (Lipinski definition) is 2. The molecule has 2 rings (SSSR count). The van der Waals surface area contributed by atoms with Gasteiger partial charge in [0.1, 0.15) is 0 Å². The Morgan fingerprint density at radius 2 is 2.26 bits per heavy atom. The van der Waals surface area contributed by atoms with Crippen molar-refractivity contribution in [3.63, 3.8) is 0 Å². The molecule has 1 heterocycles. The molecule has 1 aliphatic rings. The van der Waals surface area contributed by atoms with Gasteiger partial charge < -0.3 is 9.64 Å². The maximum atomic E-state index is 11.6. The number of carbonyl (C=O) groups is 1. The zero-order valence-corrected chi connectivity index (χ0v) is 14.3. The number of amides is 1. The van der Waals surface area contributed by atoms with E-state index in [2.05, 4.69) is 14.0 Å². The molecule has 0 aromatic heterocycles. The Hall–Kier alpha value is -0.406. The molecule has 101 valence electrons. The second kappa shape index (κ2) is 8.01. The van der Waals surface area contributed by atoms with Crippen molar-refractivity contribution in [1.82, 2.24) is 4.90 Å². The number of hydrogen-bond donors (Lipinski definition) is 0. The molecule has 0 spiro atoms. The van der Waals surface area contributed by atoms with Crippen molar-refractivity contribution >= 4 is 5.91 Å². The van der Waals surface area contributed by atoms with Crippen molar-refractivity contribution in [2.45, 2.75) is 45.2 Å². The first-order valence-electron chi connectivity index (χ1n) is 6.55. The first-order valence-corrected chi connectivity index (χ1v) is 6.55. The molecule has 1 radical (unpaired) electrons. The summed E-state index contributed by atoms with van der Waals surface area (Å²) in [4.78, 5) is 13.6. The summed E-state index contributed by atoms with van der Waals surface area (Å²) < 4.78 is 4.95. The van der Waals surface area contributed by atoms with Gasteiger partial charge in [-0.1, -0.05) is 31.9 Å². The van der Waals surface area contributed by atoms with E-state index in [-0.39, 0.29) is 38.6 Å². The van der Waals surface area contributed by atoms with Gasteiger partial charge in [-0.2, -0.15) is 7.11 Å². The third-order valence-electron chi connectivity index (χ3n) is 3.48. The van der Waals surface area contributed by atoms with Gasteiger partial charge in [-0.15, -0.1) is 0 Å². The number of benzene rings is 1. The van der Waals surface area contributed by atoms with Crippen molar-refractivity contribution in [2.75, 3.05) is 0 Å².